The fourth-order valence-corrected chi connectivity index (χ4v) is 1.53. The number of carbonyl (C=O) groups is 2. The van der Waals surface area contributed by atoms with Crippen LogP contribution in [0.25, 0.3) is 0 Å². The number of nitrogens with two attached hydrogens (primary N) is 1. The first kappa shape index (κ1) is 17.1. The molecule has 0 aliphatic rings. The fourth-order valence-electron chi connectivity index (χ4n) is 1.53. The van der Waals surface area contributed by atoms with Crippen molar-refractivity contribution in [3.05, 3.63) is 29.8 Å². The Morgan fingerprint density at radius 2 is 2.05 bits per heavy atom. The summed E-state index contributed by atoms with van der Waals surface area (Å²) < 4.78 is 10.3. The lowest BCUT2D eigenvalue weighted by Gasteiger charge is -2.08. The van der Waals surface area contributed by atoms with Crippen molar-refractivity contribution >= 4 is 17.5 Å². The minimum absolute atomic E-state index is 0.107. The number of carbonyl (C=O) groups excluding carboxylic acids is 2. The highest BCUT2D eigenvalue weighted by atomic mass is 16.5. The van der Waals surface area contributed by atoms with Crippen molar-refractivity contribution in [2.45, 2.75) is 6.61 Å². The largest absolute Gasteiger partial charge is 0.382 e. The number of amides is 2. The molecule has 1 aromatic carbocycles. The van der Waals surface area contributed by atoms with E-state index in [-0.39, 0.29) is 24.9 Å². The number of ether oxygens (including phenoxy) is 2. The first-order chi connectivity index (χ1) is 10.2. The zero-order valence-corrected chi connectivity index (χ0v) is 12.1. The van der Waals surface area contributed by atoms with Crippen LogP contribution in [0, 0.1) is 0 Å². The van der Waals surface area contributed by atoms with Crippen molar-refractivity contribution in [1.82, 2.24) is 5.32 Å². The molecule has 0 bridgehead atoms. The van der Waals surface area contributed by atoms with E-state index < -0.39 is 0 Å². The van der Waals surface area contributed by atoms with Gasteiger partial charge in [0.1, 0.15) is 0 Å². The van der Waals surface area contributed by atoms with E-state index in [1.165, 1.54) is 0 Å². The van der Waals surface area contributed by atoms with Gasteiger partial charge in [0.2, 0.25) is 11.8 Å². The highest BCUT2D eigenvalue weighted by Crippen LogP contribution is 2.11. The zero-order chi connectivity index (χ0) is 15.5. The van der Waals surface area contributed by atoms with Crippen LogP contribution in [-0.4, -0.2) is 45.2 Å². The average Bonchev–Trinajstić information content (AvgIpc) is 2.49. The first-order valence-corrected chi connectivity index (χ1v) is 6.58. The molecule has 0 aromatic heterocycles. The molecule has 0 aliphatic heterocycles. The lowest BCUT2D eigenvalue weighted by atomic mass is 10.2. The molecule has 1 rings (SSSR count). The Morgan fingerprint density at radius 3 is 2.76 bits per heavy atom. The van der Waals surface area contributed by atoms with Gasteiger partial charge in [0.15, 0.2) is 0 Å². The molecular weight excluding hydrogens is 274 g/mol. The van der Waals surface area contributed by atoms with E-state index in [4.69, 9.17) is 15.2 Å². The second-order valence-electron chi connectivity index (χ2n) is 4.27. The van der Waals surface area contributed by atoms with Gasteiger partial charge in [-0.25, -0.2) is 0 Å². The summed E-state index contributed by atoms with van der Waals surface area (Å²) in [5.41, 5.74) is 6.72. The van der Waals surface area contributed by atoms with E-state index in [1.807, 2.05) is 18.2 Å². The molecule has 2 amide bonds. The Bertz CT molecular complexity index is 465. The molecule has 0 saturated heterocycles. The Kier molecular flexibility index (Phi) is 8.03. The molecule has 7 nitrogen and oxygen atoms in total. The molecule has 0 aliphatic carbocycles. The average molecular weight is 295 g/mol. The van der Waals surface area contributed by atoms with E-state index in [9.17, 15) is 9.59 Å². The molecule has 0 atom stereocenters. The van der Waals surface area contributed by atoms with Gasteiger partial charge >= 0.3 is 0 Å². The quantitative estimate of drug-likeness (QED) is 0.550. The van der Waals surface area contributed by atoms with Gasteiger partial charge in [-0.3, -0.25) is 9.59 Å². The summed E-state index contributed by atoms with van der Waals surface area (Å²) in [5.74, 6) is -0.681. The van der Waals surface area contributed by atoms with Crippen LogP contribution >= 0.6 is 0 Å². The number of nitrogens with one attached hydrogen (secondary N) is 2. The molecule has 21 heavy (non-hydrogen) atoms. The molecule has 0 heterocycles. The summed E-state index contributed by atoms with van der Waals surface area (Å²) >= 11 is 0. The van der Waals surface area contributed by atoms with Crippen molar-refractivity contribution in [3.8, 4) is 0 Å². The minimum atomic E-state index is -0.370. The number of rotatable bonds is 9. The van der Waals surface area contributed by atoms with Gasteiger partial charge in [-0.1, -0.05) is 12.1 Å². The van der Waals surface area contributed by atoms with Crippen molar-refractivity contribution in [1.29, 1.82) is 0 Å². The minimum Gasteiger partial charge on any atom is -0.382 e. The van der Waals surface area contributed by atoms with Gasteiger partial charge in [0.25, 0.3) is 0 Å². The summed E-state index contributed by atoms with van der Waals surface area (Å²) in [6.07, 6.45) is 0. The number of anilines is 1. The smallest absolute Gasteiger partial charge is 0.243 e. The maximum atomic E-state index is 11.6. The van der Waals surface area contributed by atoms with Crippen molar-refractivity contribution in [2.24, 2.45) is 5.73 Å². The maximum Gasteiger partial charge on any atom is 0.243 e. The van der Waals surface area contributed by atoms with E-state index in [0.29, 0.717) is 25.5 Å². The van der Waals surface area contributed by atoms with Crippen LogP contribution in [0.2, 0.25) is 0 Å². The topological polar surface area (TPSA) is 103 Å². The predicted octanol–water partition coefficient (Wildman–Crippen LogP) is -0.137. The fraction of sp³-hybridized carbons (Fsp3) is 0.429. The van der Waals surface area contributed by atoms with E-state index in [0.717, 1.165) is 5.56 Å². The monoisotopic (exact) mass is 295 g/mol. The molecule has 0 fully saturated rings. The van der Waals surface area contributed by atoms with Gasteiger partial charge in [-0.2, -0.15) is 0 Å². The third kappa shape index (κ3) is 7.40. The van der Waals surface area contributed by atoms with Crippen LogP contribution in [-0.2, 0) is 25.7 Å². The molecule has 0 radical (unpaired) electrons. The molecule has 1 aromatic rings. The van der Waals surface area contributed by atoms with Crippen LogP contribution in [0.4, 0.5) is 5.69 Å². The van der Waals surface area contributed by atoms with E-state index >= 15 is 0 Å². The Balaban J connectivity index is 2.41. The number of benzene rings is 1. The highest BCUT2D eigenvalue weighted by Gasteiger charge is 2.05. The van der Waals surface area contributed by atoms with Crippen molar-refractivity contribution in [2.75, 3.05) is 38.7 Å². The van der Waals surface area contributed by atoms with Gasteiger partial charge < -0.3 is 25.8 Å². The number of methoxy groups -OCH3 is 1. The van der Waals surface area contributed by atoms with Crippen LogP contribution in [0.5, 0.6) is 0 Å². The molecule has 0 unspecified atom stereocenters. The third-order valence-corrected chi connectivity index (χ3v) is 2.54. The lowest BCUT2D eigenvalue weighted by Crippen LogP contribution is -2.36. The highest BCUT2D eigenvalue weighted by molar-refractivity contribution is 5.94. The van der Waals surface area contributed by atoms with Gasteiger partial charge in [0, 0.05) is 12.8 Å². The third-order valence-electron chi connectivity index (χ3n) is 2.54. The van der Waals surface area contributed by atoms with Crippen LogP contribution < -0.4 is 16.4 Å². The number of hydrogen-bond acceptors (Lipinski definition) is 5. The molecular formula is C14H21N3O4. The van der Waals surface area contributed by atoms with Gasteiger partial charge in [-0.05, 0) is 17.7 Å². The van der Waals surface area contributed by atoms with Crippen LogP contribution in [0.15, 0.2) is 24.3 Å². The summed E-state index contributed by atoms with van der Waals surface area (Å²) in [7, 11) is 1.61. The normalized spacial score (nSPS) is 10.2. The Hall–Kier alpha value is -1.96. The second kappa shape index (κ2) is 9.87. The van der Waals surface area contributed by atoms with Crippen molar-refractivity contribution in [3.63, 3.8) is 0 Å². The first-order valence-electron chi connectivity index (χ1n) is 6.58. The molecule has 7 heteroatoms. The van der Waals surface area contributed by atoms with E-state index in [2.05, 4.69) is 10.6 Å². The van der Waals surface area contributed by atoms with Crippen molar-refractivity contribution < 1.29 is 19.1 Å². The Labute approximate surface area is 123 Å². The molecule has 4 N–H and O–H groups in total. The standard InChI is InChI=1S/C14H21N3O4/c1-20-5-6-21-10-11-3-2-4-12(7-11)17-14(19)9-16-13(18)8-15/h2-4,7H,5-6,8-10,15H2,1H3,(H,16,18)(H,17,19). The number of hydrogen-bond donors (Lipinski definition) is 3. The van der Waals surface area contributed by atoms with Gasteiger partial charge in [-0.15, -0.1) is 0 Å². The predicted molar refractivity (Wildman–Crippen MR) is 78.7 cm³/mol. The van der Waals surface area contributed by atoms with Gasteiger partial charge in [0.05, 0.1) is 32.9 Å². The zero-order valence-electron chi connectivity index (χ0n) is 12.1. The lowest BCUT2D eigenvalue weighted by molar-refractivity contribution is -0.123. The SMILES string of the molecule is COCCOCc1cccc(NC(=O)CNC(=O)CN)c1. The molecule has 116 valence electrons. The van der Waals surface area contributed by atoms with Crippen LogP contribution in [0.3, 0.4) is 0 Å². The van der Waals surface area contributed by atoms with Crippen LogP contribution in [0.1, 0.15) is 5.56 Å². The summed E-state index contributed by atoms with van der Waals surface area (Å²) in [6, 6.07) is 7.30. The molecule has 0 spiro atoms. The second-order valence-corrected chi connectivity index (χ2v) is 4.27. The summed E-state index contributed by atoms with van der Waals surface area (Å²) in [4.78, 5) is 22.6. The Morgan fingerprint density at radius 1 is 1.24 bits per heavy atom. The molecule has 0 saturated carbocycles. The summed E-state index contributed by atoms with van der Waals surface area (Å²) in [5, 5.41) is 5.09. The maximum absolute atomic E-state index is 11.6. The summed E-state index contributed by atoms with van der Waals surface area (Å²) in [6.45, 7) is 1.25. The van der Waals surface area contributed by atoms with E-state index in [1.54, 1.807) is 13.2 Å².